The van der Waals surface area contributed by atoms with Crippen LogP contribution >= 0.6 is 11.6 Å². The number of carbonyl (C=O) groups excluding carboxylic acids is 1. The first kappa shape index (κ1) is 11.4. The lowest BCUT2D eigenvalue weighted by molar-refractivity contribution is -0.122. The Kier molecular flexibility index (Phi) is 3.43. The fraction of sp³-hybridized carbons (Fsp3) is 0.364. The molecule has 2 rings (SSSR count). The molecule has 16 heavy (non-hydrogen) atoms. The zero-order valence-corrected chi connectivity index (χ0v) is 9.44. The highest BCUT2D eigenvalue weighted by Gasteiger charge is 2.28. The second kappa shape index (κ2) is 4.82. The van der Waals surface area contributed by atoms with Gasteiger partial charge in [0.25, 0.3) is 0 Å². The van der Waals surface area contributed by atoms with Crippen LogP contribution in [0.5, 0.6) is 0 Å². The van der Waals surface area contributed by atoms with Gasteiger partial charge in [0.1, 0.15) is 6.04 Å². The van der Waals surface area contributed by atoms with Crippen LogP contribution in [0.15, 0.2) is 24.3 Å². The van der Waals surface area contributed by atoms with Crippen molar-refractivity contribution in [1.82, 2.24) is 5.32 Å². The van der Waals surface area contributed by atoms with Gasteiger partial charge in [0.15, 0.2) is 0 Å². The summed E-state index contributed by atoms with van der Waals surface area (Å²) in [6.45, 7) is 1.11. The Labute approximate surface area is 98.8 Å². The summed E-state index contributed by atoms with van der Waals surface area (Å²) in [7, 11) is 0. The molecular weight excluding hydrogens is 228 g/mol. The SMILES string of the molecule is O=C1C(CO)NCCN1c1ccc(Cl)cc1. The maximum atomic E-state index is 11.9. The Morgan fingerprint density at radius 2 is 2.12 bits per heavy atom. The molecule has 0 saturated carbocycles. The van der Waals surface area contributed by atoms with Crippen LogP contribution in [0.3, 0.4) is 0 Å². The van der Waals surface area contributed by atoms with Crippen molar-refractivity contribution in [2.24, 2.45) is 0 Å². The van der Waals surface area contributed by atoms with E-state index in [1.165, 1.54) is 0 Å². The highest BCUT2D eigenvalue weighted by atomic mass is 35.5. The van der Waals surface area contributed by atoms with Crippen molar-refractivity contribution < 1.29 is 9.90 Å². The summed E-state index contributed by atoms with van der Waals surface area (Å²) in [5.41, 5.74) is 0.814. The van der Waals surface area contributed by atoms with E-state index in [9.17, 15) is 4.79 Å². The number of nitrogens with zero attached hydrogens (tertiary/aromatic N) is 1. The molecule has 1 aliphatic heterocycles. The molecule has 0 spiro atoms. The lowest BCUT2D eigenvalue weighted by atomic mass is 10.2. The average Bonchev–Trinajstić information content (AvgIpc) is 2.31. The average molecular weight is 241 g/mol. The molecular formula is C11H13ClN2O2. The van der Waals surface area contributed by atoms with E-state index < -0.39 is 6.04 Å². The van der Waals surface area contributed by atoms with Crippen LogP contribution in [0.25, 0.3) is 0 Å². The molecule has 2 N–H and O–H groups in total. The summed E-state index contributed by atoms with van der Waals surface area (Å²) in [6, 6.07) is 6.62. The number of nitrogens with one attached hydrogen (secondary N) is 1. The number of hydrogen-bond acceptors (Lipinski definition) is 3. The van der Waals surface area contributed by atoms with Gasteiger partial charge in [0.05, 0.1) is 6.61 Å². The number of aliphatic hydroxyl groups excluding tert-OH is 1. The zero-order valence-electron chi connectivity index (χ0n) is 8.69. The predicted molar refractivity (Wildman–Crippen MR) is 62.7 cm³/mol. The van der Waals surface area contributed by atoms with E-state index in [0.29, 0.717) is 18.1 Å². The van der Waals surface area contributed by atoms with Gasteiger partial charge in [-0.15, -0.1) is 0 Å². The number of halogens is 1. The number of rotatable bonds is 2. The minimum Gasteiger partial charge on any atom is -0.394 e. The Morgan fingerprint density at radius 1 is 1.44 bits per heavy atom. The predicted octanol–water partition coefficient (Wildman–Crippen LogP) is 0.637. The van der Waals surface area contributed by atoms with Crippen molar-refractivity contribution in [2.45, 2.75) is 6.04 Å². The molecule has 1 fully saturated rings. The van der Waals surface area contributed by atoms with E-state index in [1.807, 2.05) is 0 Å². The maximum Gasteiger partial charge on any atom is 0.246 e. The van der Waals surface area contributed by atoms with Crippen LogP contribution in [-0.4, -0.2) is 36.8 Å². The molecule has 1 heterocycles. The normalized spacial score (nSPS) is 21.2. The van der Waals surface area contributed by atoms with Gasteiger partial charge in [0, 0.05) is 23.8 Å². The Balaban J connectivity index is 2.20. The molecule has 1 amide bonds. The molecule has 1 aliphatic rings. The highest BCUT2D eigenvalue weighted by Crippen LogP contribution is 2.19. The zero-order chi connectivity index (χ0) is 11.5. The second-order valence-corrected chi connectivity index (χ2v) is 4.09. The molecule has 0 aliphatic carbocycles. The molecule has 0 radical (unpaired) electrons. The van der Waals surface area contributed by atoms with E-state index in [1.54, 1.807) is 29.2 Å². The molecule has 4 nitrogen and oxygen atoms in total. The number of benzene rings is 1. The molecule has 1 aromatic rings. The maximum absolute atomic E-state index is 11.9. The van der Waals surface area contributed by atoms with Crippen LogP contribution in [0, 0.1) is 0 Å². The number of piperazine rings is 1. The first-order valence-electron chi connectivity index (χ1n) is 5.13. The van der Waals surface area contributed by atoms with E-state index in [4.69, 9.17) is 16.7 Å². The summed E-state index contributed by atoms with van der Waals surface area (Å²) < 4.78 is 0. The van der Waals surface area contributed by atoms with Gasteiger partial charge in [0.2, 0.25) is 5.91 Å². The highest BCUT2D eigenvalue weighted by molar-refractivity contribution is 6.30. The third kappa shape index (κ3) is 2.19. The standard InChI is InChI=1S/C11H13ClN2O2/c12-8-1-3-9(4-2-8)14-6-5-13-10(7-15)11(14)16/h1-4,10,13,15H,5-7H2. The third-order valence-corrected chi connectivity index (χ3v) is 2.86. The number of hydrogen-bond donors (Lipinski definition) is 2. The minimum atomic E-state index is -0.496. The summed E-state index contributed by atoms with van der Waals surface area (Å²) >= 11 is 5.79. The third-order valence-electron chi connectivity index (χ3n) is 2.61. The fourth-order valence-corrected chi connectivity index (χ4v) is 1.88. The summed E-state index contributed by atoms with van der Waals surface area (Å²) in [6.07, 6.45) is 0. The van der Waals surface area contributed by atoms with Gasteiger partial charge in [-0.05, 0) is 24.3 Å². The monoisotopic (exact) mass is 240 g/mol. The number of carbonyl (C=O) groups is 1. The molecule has 1 atom stereocenters. The lowest BCUT2D eigenvalue weighted by Crippen LogP contribution is -2.56. The van der Waals surface area contributed by atoms with Gasteiger partial charge in [-0.1, -0.05) is 11.6 Å². The van der Waals surface area contributed by atoms with Crippen LogP contribution in [-0.2, 0) is 4.79 Å². The number of aliphatic hydroxyl groups is 1. The van der Waals surface area contributed by atoms with Crippen LogP contribution in [0.2, 0.25) is 5.02 Å². The largest absolute Gasteiger partial charge is 0.394 e. The van der Waals surface area contributed by atoms with Gasteiger partial charge >= 0.3 is 0 Å². The van der Waals surface area contributed by atoms with Crippen molar-refractivity contribution in [3.05, 3.63) is 29.3 Å². The van der Waals surface area contributed by atoms with Crippen molar-refractivity contribution in [1.29, 1.82) is 0 Å². The van der Waals surface area contributed by atoms with Crippen molar-refractivity contribution in [3.63, 3.8) is 0 Å². The van der Waals surface area contributed by atoms with Crippen molar-refractivity contribution >= 4 is 23.2 Å². The van der Waals surface area contributed by atoms with Crippen LogP contribution in [0.1, 0.15) is 0 Å². The Hall–Kier alpha value is -1.10. The molecule has 1 saturated heterocycles. The summed E-state index contributed by atoms with van der Waals surface area (Å²) in [5.74, 6) is -0.101. The lowest BCUT2D eigenvalue weighted by Gasteiger charge is -2.32. The number of anilines is 1. The van der Waals surface area contributed by atoms with Crippen molar-refractivity contribution in [3.8, 4) is 0 Å². The Bertz CT molecular complexity index is 380. The van der Waals surface area contributed by atoms with Crippen LogP contribution < -0.4 is 10.2 Å². The smallest absolute Gasteiger partial charge is 0.246 e. The topological polar surface area (TPSA) is 52.6 Å². The molecule has 0 bridgehead atoms. The first-order valence-corrected chi connectivity index (χ1v) is 5.51. The molecule has 1 unspecified atom stereocenters. The second-order valence-electron chi connectivity index (χ2n) is 3.66. The molecule has 5 heteroatoms. The van der Waals surface area contributed by atoms with Crippen molar-refractivity contribution in [2.75, 3.05) is 24.6 Å². The molecule has 1 aromatic carbocycles. The summed E-state index contributed by atoms with van der Waals surface area (Å²) in [5, 5.41) is 12.6. The van der Waals surface area contributed by atoms with E-state index in [0.717, 1.165) is 5.69 Å². The summed E-state index contributed by atoms with van der Waals surface area (Å²) in [4.78, 5) is 13.6. The Morgan fingerprint density at radius 3 is 2.75 bits per heavy atom. The van der Waals surface area contributed by atoms with Gasteiger partial charge in [-0.3, -0.25) is 4.79 Å². The van der Waals surface area contributed by atoms with Gasteiger partial charge in [-0.2, -0.15) is 0 Å². The van der Waals surface area contributed by atoms with Crippen LogP contribution in [0.4, 0.5) is 5.69 Å². The molecule has 0 aromatic heterocycles. The quantitative estimate of drug-likeness (QED) is 0.798. The first-order chi connectivity index (χ1) is 7.72. The van der Waals surface area contributed by atoms with E-state index in [-0.39, 0.29) is 12.5 Å². The van der Waals surface area contributed by atoms with E-state index in [2.05, 4.69) is 5.32 Å². The fourth-order valence-electron chi connectivity index (χ4n) is 1.76. The van der Waals surface area contributed by atoms with Gasteiger partial charge < -0.3 is 15.3 Å². The van der Waals surface area contributed by atoms with Gasteiger partial charge in [-0.25, -0.2) is 0 Å². The minimum absolute atomic E-state index is 0.101. The molecule has 86 valence electrons. The van der Waals surface area contributed by atoms with E-state index >= 15 is 0 Å². The number of amides is 1.